The molecule has 0 atom stereocenters. The molecule has 3 rings (SSSR count). The van der Waals surface area contributed by atoms with Gasteiger partial charge in [0.25, 0.3) is 0 Å². The molecule has 0 unspecified atom stereocenters. The Kier molecular flexibility index (Phi) is 3.31. The molecule has 2 aliphatic rings. The second-order valence-corrected chi connectivity index (χ2v) is 5.60. The van der Waals surface area contributed by atoms with Gasteiger partial charge in [0.15, 0.2) is 6.29 Å². The van der Waals surface area contributed by atoms with Gasteiger partial charge in [0.1, 0.15) is 0 Å². The molecule has 1 saturated heterocycles. The molecule has 0 N–H and O–H groups in total. The van der Waals surface area contributed by atoms with Crippen LogP contribution in [0.2, 0.25) is 0 Å². The van der Waals surface area contributed by atoms with E-state index in [0.717, 1.165) is 25.8 Å². The maximum absolute atomic E-state index is 11.9. The number of hydrogen-bond acceptors (Lipinski definition) is 4. The zero-order chi connectivity index (χ0) is 11.7. The van der Waals surface area contributed by atoms with E-state index in [4.69, 9.17) is 9.47 Å². The number of fused-ring (bicyclic) bond motifs is 1. The van der Waals surface area contributed by atoms with Crippen LogP contribution in [0, 0.1) is 0 Å². The minimum Gasteiger partial charge on any atom is -0.350 e. The Morgan fingerprint density at radius 3 is 2.82 bits per heavy atom. The summed E-state index contributed by atoms with van der Waals surface area (Å²) in [6, 6.07) is 0. The topological polar surface area (TPSA) is 40.5 Å². The summed E-state index contributed by atoms with van der Waals surface area (Å²) in [5.74, 6) is 0. The molecule has 0 amide bonds. The summed E-state index contributed by atoms with van der Waals surface area (Å²) in [4.78, 5) is 13.4. The standard InChI is InChI=1S/C12H17NO3S/c14-12-13(6-5-11-15-7-8-16-11)9-3-1-2-4-10(9)17-12/h11H,1-8H2. The largest absolute Gasteiger partial charge is 0.350 e. The number of thiazole rings is 1. The molecule has 0 aromatic carbocycles. The molecule has 1 aliphatic carbocycles. The molecular weight excluding hydrogens is 238 g/mol. The Balaban J connectivity index is 1.73. The van der Waals surface area contributed by atoms with Crippen LogP contribution in [0.1, 0.15) is 29.8 Å². The summed E-state index contributed by atoms with van der Waals surface area (Å²) < 4.78 is 12.7. The van der Waals surface area contributed by atoms with Crippen LogP contribution in [0.25, 0.3) is 0 Å². The third-order valence-corrected chi connectivity index (χ3v) is 4.51. The molecular formula is C12H17NO3S. The molecule has 1 fully saturated rings. The zero-order valence-electron chi connectivity index (χ0n) is 9.81. The highest BCUT2D eigenvalue weighted by atomic mass is 32.1. The second kappa shape index (κ2) is 4.92. The van der Waals surface area contributed by atoms with Crippen LogP contribution in [0.3, 0.4) is 0 Å². The molecule has 17 heavy (non-hydrogen) atoms. The van der Waals surface area contributed by atoms with Gasteiger partial charge in [0.05, 0.1) is 13.2 Å². The van der Waals surface area contributed by atoms with Crippen LogP contribution in [0.15, 0.2) is 4.79 Å². The maximum Gasteiger partial charge on any atom is 0.307 e. The molecule has 1 aliphatic heterocycles. The fraction of sp³-hybridized carbons (Fsp3) is 0.750. The number of aromatic nitrogens is 1. The van der Waals surface area contributed by atoms with E-state index in [1.54, 1.807) is 0 Å². The lowest BCUT2D eigenvalue weighted by Crippen LogP contribution is -2.21. The summed E-state index contributed by atoms with van der Waals surface area (Å²) >= 11 is 1.43. The average Bonchev–Trinajstić information content (AvgIpc) is 2.93. The molecule has 0 radical (unpaired) electrons. The minimum atomic E-state index is -0.110. The number of nitrogens with zero attached hydrogens (tertiary/aromatic N) is 1. The van der Waals surface area contributed by atoms with Crippen molar-refractivity contribution in [2.45, 2.75) is 44.9 Å². The highest BCUT2D eigenvalue weighted by Gasteiger charge is 2.20. The van der Waals surface area contributed by atoms with Crippen molar-refractivity contribution in [2.75, 3.05) is 13.2 Å². The van der Waals surface area contributed by atoms with Gasteiger partial charge in [0.2, 0.25) is 0 Å². The van der Waals surface area contributed by atoms with E-state index in [0.29, 0.717) is 13.2 Å². The van der Waals surface area contributed by atoms with E-state index in [1.807, 2.05) is 4.57 Å². The number of aryl methyl sites for hydroxylation is 1. The normalized spacial score (nSPS) is 20.7. The zero-order valence-corrected chi connectivity index (χ0v) is 10.6. The van der Waals surface area contributed by atoms with Crippen LogP contribution in [-0.4, -0.2) is 24.1 Å². The molecule has 0 bridgehead atoms. The first-order valence-corrected chi connectivity index (χ1v) is 7.11. The first kappa shape index (κ1) is 11.4. The fourth-order valence-corrected chi connectivity index (χ4v) is 3.66. The van der Waals surface area contributed by atoms with Gasteiger partial charge in [-0.3, -0.25) is 4.79 Å². The molecule has 1 aromatic heterocycles. The van der Waals surface area contributed by atoms with Crippen LogP contribution >= 0.6 is 11.3 Å². The summed E-state index contributed by atoms with van der Waals surface area (Å²) in [6.07, 6.45) is 5.24. The van der Waals surface area contributed by atoms with Crippen molar-refractivity contribution < 1.29 is 9.47 Å². The van der Waals surface area contributed by atoms with Crippen molar-refractivity contribution in [1.82, 2.24) is 4.57 Å². The first-order chi connectivity index (χ1) is 8.34. The van der Waals surface area contributed by atoms with E-state index in [1.165, 1.54) is 34.7 Å². The van der Waals surface area contributed by atoms with Crippen molar-refractivity contribution in [3.05, 3.63) is 20.2 Å². The van der Waals surface area contributed by atoms with Gasteiger partial charge in [-0.25, -0.2) is 0 Å². The second-order valence-electron chi connectivity index (χ2n) is 4.56. The summed E-state index contributed by atoms with van der Waals surface area (Å²) in [6.45, 7) is 2.10. The Labute approximate surface area is 104 Å². The Morgan fingerprint density at radius 2 is 2.00 bits per heavy atom. The van der Waals surface area contributed by atoms with E-state index in [-0.39, 0.29) is 11.2 Å². The van der Waals surface area contributed by atoms with Gasteiger partial charge in [0, 0.05) is 23.5 Å². The van der Waals surface area contributed by atoms with Crippen molar-refractivity contribution in [2.24, 2.45) is 0 Å². The fourth-order valence-electron chi connectivity index (χ4n) is 2.56. The number of hydrogen-bond donors (Lipinski definition) is 0. The Bertz CT molecular complexity index is 445. The van der Waals surface area contributed by atoms with Crippen molar-refractivity contribution in [3.8, 4) is 0 Å². The molecule has 2 heterocycles. The monoisotopic (exact) mass is 255 g/mol. The average molecular weight is 255 g/mol. The predicted molar refractivity (Wildman–Crippen MR) is 65.5 cm³/mol. The Hall–Kier alpha value is -0.650. The molecule has 94 valence electrons. The highest BCUT2D eigenvalue weighted by molar-refractivity contribution is 7.09. The van der Waals surface area contributed by atoms with Crippen molar-refractivity contribution in [1.29, 1.82) is 0 Å². The highest BCUT2D eigenvalue weighted by Crippen LogP contribution is 2.24. The van der Waals surface area contributed by atoms with E-state index < -0.39 is 0 Å². The SMILES string of the molecule is O=c1sc2c(n1CCC1OCCO1)CCCC2. The number of ether oxygens (including phenoxy) is 2. The Morgan fingerprint density at radius 1 is 1.24 bits per heavy atom. The van der Waals surface area contributed by atoms with E-state index in [2.05, 4.69) is 0 Å². The van der Waals surface area contributed by atoms with Crippen LogP contribution in [0.5, 0.6) is 0 Å². The predicted octanol–water partition coefficient (Wildman–Crippen LogP) is 1.55. The number of rotatable bonds is 3. The third-order valence-electron chi connectivity index (χ3n) is 3.43. The van der Waals surface area contributed by atoms with Crippen LogP contribution in [-0.2, 0) is 28.9 Å². The molecule has 5 heteroatoms. The van der Waals surface area contributed by atoms with Gasteiger partial charge in [-0.05, 0) is 25.7 Å². The smallest absolute Gasteiger partial charge is 0.307 e. The summed E-state index contributed by atoms with van der Waals surface area (Å²) in [5, 5.41) is 0. The van der Waals surface area contributed by atoms with Gasteiger partial charge in [-0.2, -0.15) is 0 Å². The van der Waals surface area contributed by atoms with E-state index in [9.17, 15) is 4.79 Å². The van der Waals surface area contributed by atoms with Crippen LogP contribution < -0.4 is 4.87 Å². The quantitative estimate of drug-likeness (QED) is 0.823. The molecule has 0 saturated carbocycles. The summed E-state index contributed by atoms with van der Waals surface area (Å²) in [5.41, 5.74) is 1.27. The lowest BCUT2D eigenvalue weighted by Gasteiger charge is -2.15. The van der Waals surface area contributed by atoms with Gasteiger partial charge < -0.3 is 14.0 Å². The van der Waals surface area contributed by atoms with Crippen LogP contribution in [0.4, 0.5) is 0 Å². The molecule has 0 spiro atoms. The third kappa shape index (κ3) is 2.32. The lowest BCUT2D eigenvalue weighted by atomic mass is 10.0. The molecule has 1 aromatic rings. The van der Waals surface area contributed by atoms with E-state index >= 15 is 0 Å². The van der Waals surface area contributed by atoms with Gasteiger partial charge in [-0.1, -0.05) is 11.3 Å². The summed E-state index contributed by atoms with van der Waals surface area (Å²) in [7, 11) is 0. The molecule has 4 nitrogen and oxygen atoms in total. The maximum atomic E-state index is 11.9. The van der Waals surface area contributed by atoms with Crippen molar-refractivity contribution >= 4 is 11.3 Å². The van der Waals surface area contributed by atoms with Gasteiger partial charge >= 0.3 is 4.87 Å². The van der Waals surface area contributed by atoms with Crippen molar-refractivity contribution in [3.63, 3.8) is 0 Å². The van der Waals surface area contributed by atoms with Gasteiger partial charge in [-0.15, -0.1) is 0 Å². The minimum absolute atomic E-state index is 0.110. The first-order valence-electron chi connectivity index (χ1n) is 6.29. The lowest BCUT2D eigenvalue weighted by molar-refractivity contribution is -0.0492.